The van der Waals surface area contributed by atoms with E-state index in [1.165, 1.54) is 5.56 Å². The maximum Gasteiger partial charge on any atom is 0.165 e. The lowest BCUT2D eigenvalue weighted by molar-refractivity contribution is 0.349. The lowest BCUT2D eigenvalue weighted by Crippen LogP contribution is -2.26. The van der Waals surface area contributed by atoms with Crippen LogP contribution in [0.2, 0.25) is 5.02 Å². The molecule has 0 aliphatic carbocycles. The maximum atomic E-state index is 6.15. The van der Waals surface area contributed by atoms with Gasteiger partial charge in [-0.25, -0.2) is 0 Å². The molecule has 1 N–H and O–H groups in total. The van der Waals surface area contributed by atoms with E-state index in [9.17, 15) is 0 Å². The van der Waals surface area contributed by atoms with Crippen molar-refractivity contribution in [2.45, 2.75) is 32.4 Å². The minimum atomic E-state index is 0.393. The van der Waals surface area contributed by atoms with Crippen LogP contribution in [0.4, 0.5) is 0 Å². The number of methoxy groups -OCH3 is 2. The third-order valence-corrected chi connectivity index (χ3v) is 4.09. The van der Waals surface area contributed by atoms with E-state index in [0.717, 1.165) is 24.2 Å². The van der Waals surface area contributed by atoms with Gasteiger partial charge in [-0.05, 0) is 31.4 Å². The molecule has 4 heteroatoms. The van der Waals surface area contributed by atoms with E-state index in [-0.39, 0.29) is 0 Å². The van der Waals surface area contributed by atoms with Gasteiger partial charge in [-0.1, -0.05) is 41.9 Å². The molecule has 0 amide bonds. The smallest absolute Gasteiger partial charge is 0.165 e. The highest BCUT2D eigenvalue weighted by molar-refractivity contribution is 6.30. The Bertz CT molecular complexity index is 616. The fraction of sp³-hybridized carbons (Fsp3) is 0.368. The van der Waals surface area contributed by atoms with E-state index >= 15 is 0 Å². The van der Waals surface area contributed by atoms with Gasteiger partial charge in [0.05, 0.1) is 14.2 Å². The predicted molar refractivity (Wildman–Crippen MR) is 95.6 cm³/mol. The van der Waals surface area contributed by atoms with Crippen molar-refractivity contribution in [1.82, 2.24) is 5.32 Å². The third-order valence-electron chi connectivity index (χ3n) is 3.87. The average molecular weight is 334 g/mol. The molecule has 124 valence electrons. The van der Waals surface area contributed by atoms with Crippen LogP contribution in [0.3, 0.4) is 0 Å². The van der Waals surface area contributed by atoms with Crippen molar-refractivity contribution in [3.63, 3.8) is 0 Å². The fourth-order valence-corrected chi connectivity index (χ4v) is 2.78. The van der Waals surface area contributed by atoms with Crippen molar-refractivity contribution >= 4 is 11.6 Å². The largest absolute Gasteiger partial charge is 0.493 e. The monoisotopic (exact) mass is 333 g/mol. The number of benzene rings is 2. The number of rotatable bonds is 8. The molecule has 1 atom stereocenters. The minimum Gasteiger partial charge on any atom is -0.493 e. The first-order chi connectivity index (χ1) is 11.1. The summed E-state index contributed by atoms with van der Waals surface area (Å²) in [5.74, 6) is 1.40. The summed E-state index contributed by atoms with van der Waals surface area (Å²) >= 11 is 6.15. The van der Waals surface area contributed by atoms with Crippen LogP contribution in [0, 0.1) is 0 Å². The second kappa shape index (κ2) is 8.80. The highest BCUT2D eigenvalue weighted by atomic mass is 35.5. The van der Waals surface area contributed by atoms with Gasteiger partial charge in [-0.3, -0.25) is 0 Å². The third kappa shape index (κ3) is 5.15. The van der Waals surface area contributed by atoms with Gasteiger partial charge in [-0.2, -0.15) is 0 Å². The summed E-state index contributed by atoms with van der Waals surface area (Å²) in [7, 11) is 3.27. The fourth-order valence-electron chi connectivity index (χ4n) is 2.55. The molecule has 2 aromatic carbocycles. The molecule has 0 aliphatic rings. The number of hydrogen-bond acceptors (Lipinski definition) is 3. The van der Waals surface area contributed by atoms with Crippen LogP contribution in [0.15, 0.2) is 42.5 Å². The van der Waals surface area contributed by atoms with Gasteiger partial charge in [0.15, 0.2) is 11.5 Å². The summed E-state index contributed by atoms with van der Waals surface area (Å²) < 4.78 is 10.8. The topological polar surface area (TPSA) is 30.5 Å². The van der Waals surface area contributed by atoms with E-state index in [1.54, 1.807) is 20.3 Å². The van der Waals surface area contributed by atoms with E-state index in [0.29, 0.717) is 23.4 Å². The molecule has 0 bridgehead atoms. The van der Waals surface area contributed by atoms with Gasteiger partial charge >= 0.3 is 0 Å². The molecular formula is C19H24ClNO2. The molecule has 0 heterocycles. The van der Waals surface area contributed by atoms with E-state index in [1.807, 2.05) is 12.1 Å². The number of ether oxygens (including phenoxy) is 2. The molecule has 0 saturated carbocycles. The summed E-state index contributed by atoms with van der Waals surface area (Å²) in [6, 6.07) is 14.6. The van der Waals surface area contributed by atoms with Crippen LogP contribution >= 0.6 is 11.6 Å². The molecule has 0 radical (unpaired) electrons. The van der Waals surface area contributed by atoms with Gasteiger partial charge in [0.25, 0.3) is 0 Å². The standard InChI is InChI=1S/C19H24ClNO2/c1-14(9-10-15-7-5-4-6-8-15)21-13-16-11-17(20)12-18(22-2)19(16)23-3/h4-8,11-12,14,21H,9-10,13H2,1-3H3/t14-/m0/s1. The molecule has 2 aromatic rings. The lowest BCUT2D eigenvalue weighted by Gasteiger charge is -2.17. The van der Waals surface area contributed by atoms with E-state index in [2.05, 4.69) is 36.5 Å². The van der Waals surface area contributed by atoms with Gasteiger partial charge in [0.2, 0.25) is 0 Å². The van der Waals surface area contributed by atoms with Crippen LogP contribution in [0.1, 0.15) is 24.5 Å². The maximum absolute atomic E-state index is 6.15. The number of aryl methyl sites for hydroxylation is 1. The predicted octanol–water partition coefficient (Wildman–Crippen LogP) is 4.47. The normalized spacial score (nSPS) is 12.0. The van der Waals surface area contributed by atoms with Crippen LogP contribution in [-0.2, 0) is 13.0 Å². The van der Waals surface area contributed by atoms with Crippen molar-refractivity contribution in [2.24, 2.45) is 0 Å². The van der Waals surface area contributed by atoms with Gasteiger partial charge < -0.3 is 14.8 Å². The van der Waals surface area contributed by atoms with Gasteiger partial charge in [0, 0.05) is 29.2 Å². The highest BCUT2D eigenvalue weighted by Crippen LogP contribution is 2.34. The Balaban J connectivity index is 1.93. The minimum absolute atomic E-state index is 0.393. The summed E-state index contributed by atoms with van der Waals surface area (Å²) in [5, 5.41) is 4.18. The summed E-state index contributed by atoms with van der Waals surface area (Å²) in [4.78, 5) is 0. The first-order valence-electron chi connectivity index (χ1n) is 7.81. The second-order valence-electron chi connectivity index (χ2n) is 5.61. The molecule has 3 nitrogen and oxygen atoms in total. The second-order valence-corrected chi connectivity index (χ2v) is 6.04. The summed E-state index contributed by atoms with van der Waals surface area (Å²) in [6.45, 7) is 2.88. The molecule has 0 spiro atoms. The summed E-state index contributed by atoms with van der Waals surface area (Å²) in [5.41, 5.74) is 2.37. The van der Waals surface area contributed by atoms with Gasteiger partial charge in [0.1, 0.15) is 0 Å². The molecule has 0 unspecified atom stereocenters. The van der Waals surface area contributed by atoms with Crippen molar-refractivity contribution in [3.05, 3.63) is 58.6 Å². The quantitative estimate of drug-likeness (QED) is 0.773. The van der Waals surface area contributed by atoms with Crippen molar-refractivity contribution in [1.29, 1.82) is 0 Å². The zero-order valence-electron chi connectivity index (χ0n) is 13.9. The van der Waals surface area contributed by atoms with Crippen molar-refractivity contribution in [2.75, 3.05) is 14.2 Å². The average Bonchev–Trinajstić information content (AvgIpc) is 2.58. The van der Waals surface area contributed by atoms with Crippen molar-refractivity contribution < 1.29 is 9.47 Å². The molecule has 2 rings (SSSR count). The first-order valence-corrected chi connectivity index (χ1v) is 8.19. The first kappa shape index (κ1) is 17.6. The molecular weight excluding hydrogens is 310 g/mol. The Kier molecular flexibility index (Phi) is 6.75. The lowest BCUT2D eigenvalue weighted by atomic mass is 10.1. The van der Waals surface area contributed by atoms with Crippen LogP contribution in [-0.4, -0.2) is 20.3 Å². The SMILES string of the molecule is COc1cc(Cl)cc(CN[C@@H](C)CCc2ccccc2)c1OC. The Morgan fingerprint density at radius 2 is 1.83 bits per heavy atom. The molecule has 23 heavy (non-hydrogen) atoms. The zero-order chi connectivity index (χ0) is 16.7. The van der Waals surface area contributed by atoms with Crippen LogP contribution in [0.25, 0.3) is 0 Å². The molecule has 0 aliphatic heterocycles. The molecule has 0 aromatic heterocycles. The summed E-state index contributed by atoms with van der Waals surface area (Å²) in [6.07, 6.45) is 2.13. The molecule has 0 fully saturated rings. The van der Waals surface area contributed by atoms with Gasteiger partial charge in [-0.15, -0.1) is 0 Å². The molecule has 0 saturated heterocycles. The Morgan fingerprint density at radius 3 is 2.48 bits per heavy atom. The number of halogens is 1. The van der Waals surface area contributed by atoms with Crippen LogP contribution in [0.5, 0.6) is 11.5 Å². The highest BCUT2D eigenvalue weighted by Gasteiger charge is 2.12. The number of hydrogen-bond donors (Lipinski definition) is 1. The Hall–Kier alpha value is -1.71. The Labute approximate surface area is 143 Å². The number of nitrogens with one attached hydrogen (secondary N) is 1. The van der Waals surface area contributed by atoms with Crippen molar-refractivity contribution in [3.8, 4) is 11.5 Å². The Morgan fingerprint density at radius 1 is 1.09 bits per heavy atom. The van der Waals surface area contributed by atoms with Crippen LogP contribution < -0.4 is 14.8 Å². The van der Waals surface area contributed by atoms with E-state index in [4.69, 9.17) is 21.1 Å². The zero-order valence-corrected chi connectivity index (χ0v) is 14.7. The van der Waals surface area contributed by atoms with E-state index < -0.39 is 0 Å².